The summed E-state index contributed by atoms with van der Waals surface area (Å²) in [4.78, 5) is 23.3. The molecular weight excluding hydrogens is 287 g/mol. The Labute approximate surface area is 126 Å². The molecule has 7 heteroatoms. The molecule has 2 aliphatic rings. The third-order valence-electron chi connectivity index (χ3n) is 4.63. The molecule has 2 atom stereocenters. The summed E-state index contributed by atoms with van der Waals surface area (Å²) in [5, 5.41) is 9.14. The second kappa shape index (κ2) is 4.79. The molecule has 0 spiro atoms. The predicted molar refractivity (Wildman–Crippen MR) is 78.3 cm³/mol. The summed E-state index contributed by atoms with van der Waals surface area (Å²) in [7, 11) is 0. The highest BCUT2D eigenvalue weighted by Gasteiger charge is 2.45. The number of nitrogens with zero attached hydrogens (tertiary/aromatic N) is 4. The zero-order chi connectivity index (χ0) is 15.3. The van der Waals surface area contributed by atoms with Gasteiger partial charge in [0.15, 0.2) is 5.82 Å². The summed E-state index contributed by atoms with van der Waals surface area (Å²) < 4.78 is 13.6. The van der Waals surface area contributed by atoms with Crippen molar-refractivity contribution in [1.82, 2.24) is 14.9 Å². The van der Waals surface area contributed by atoms with Crippen LogP contribution < -0.4 is 4.90 Å². The molecule has 0 aliphatic carbocycles. The summed E-state index contributed by atoms with van der Waals surface area (Å²) in [6.45, 7) is 2.07. The normalized spacial score (nSPS) is 24.0. The number of amides is 1. The van der Waals surface area contributed by atoms with Crippen LogP contribution in [0.25, 0.3) is 11.0 Å². The second-order valence-corrected chi connectivity index (χ2v) is 5.83. The Kier molecular flexibility index (Phi) is 2.88. The molecule has 114 valence electrons. The largest absolute Gasteiger partial charge is 0.465 e. The van der Waals surface area contributed by atoms with Crippen LogP contribution in [0.3, 0.4) is 0 Å². The molecule has 2 aliphatic heterocycles. The van der Waals surface area contributed by atoms with Gasteiger partial charge in [0.2, 0.25) is 0 Å². The summed E-state index contributed by atoms with van der Waals surface area (Å²) >= 11 is 0. The molecule has 4 rings (SSSR count). The molecule has 0 bridgehead atoms. The monoisotopic (exact) mass is 302 g/mol. The van der Waals surface area contributed by atoms with Crippen LogP contribution in [0.5, 0.6) is 0 Å². The Balaban J connectivity index is 1.61. The molecule has 2 aromatic rings. The lowest BCUT2D eigenvalue weighted by Gasteiger charge is -2.52. The molecule has 0 saturated carbocycles. The van der Waals surface area contributed by atoms with Gasteiger partial charge in [0, 0.05) is 25.6 Å². The van der Waals surface area contributed by atoms with Gasteiger partial charge in [-0.3, -0.25) is 0 Å². The lowest BCUT2D eigenvalue weighted by molar-refractivity contribution is 0.0135. The molecular formula is C15H15FN4O2. The van der Waals surface area contributed by atoms with Gasteiger partial charge in [0.1, 0.15) is 11.3 Å². The SMILES string of the molecule is O=C(O)N1CC2CCN(c3cnc4c(F)cccc4n3)CC21. The molecule has 0 radical (unpaired) electrons. The number of hydrogen-bond donors (Lipinski definition) is 1. The molecule has 2 fully saturated rings. The van der Waals surface area contributed by atoms with E-state index in [1.165, 1.54) is 11.0 Å². The van der Waals surface area contributed by atoms with Crippen LogP contribution in [0, 0.1) is 11.7 Å². The first-order valence-electron chi connectivity index (χ1n) is 7.29. The van der Waals surface area contributed by atoms with E-state index in [0.29, 0.717) is 30.3 Å². The van der Waals surface area contributed by atoms with Gasteiger partial charge in [-0.15, -0.1) is 0 Å². The van der Waals surface area contributed by atoms with E-state index in [1.807, 2.05) is 4.90 Å². The van der Waals surface area contributed by atoms with E-state index in [9.17, 15) is 9.18 Å². The van der Waals surface area contributed by atoms with Crippen LogP contribution >= 0.6 is 0 Å². The smallest absolute Gasteiger partial charge is 0.407 e. The lowest BCUT2D eigenvalue weighted by Crippen LogP contribution is -2.65. The number of likely N-dealkylation sites (tertiary alicyclic amines) is 1. The molecule has 2 saturated heterocycles. The molecule has 3 heterocycles. The number of rotatable bonds is 1. The van der Waals surface area contributed by atoms with E-state index in [4.69, 9.17) is 5.11 Å². The van der Waals surface area contributed by atoms with Gasteiger partial charge in [0.25, 0.3) is 0 Å². The van der Waals surface area contributed by atoms with Gasteiger partial charge in [-0.05, 0) is 18.6 Å². The fraction of sp³-hybridized carbons (Fsp3) is 0.400. The number of benzene rings is 1. The first-order valence-corrected chi connectivity index (χ1v) is 7.29. The van der Waals surface area contributed by atoms with E-state index >= 15 is 0 Å². The Hall–Kier alpha value is -2.44. The molecule has 22 heavy (non-hydrogen) atoms. The topological polar surface area (TPSA) is 69.6 Å². The first kappa shape index (κ1) is 13.2. The molecule has 1 amide bonds. The number of halogens is 1. The van der Waals surface area contributed by atoms with Crippen LogP contribution in [0.4, 0.5) is 15.0 Å². The Morgan fingerprint density at radius 2 is 2.23 bits per heavy atom. The minimum absolute atomic E-state index is 0.0243. The number of carbonyl (C=O) groups is 1. The Morgan fingerprint density at radius 1 is 1.36 bits per heavy atom. The van der Waals surface area contributed by atoms with Crippen LogP contribution in [-0.4, -0.2) is 51.7 Å². The number of carboxylic acid groups (broad SMARTS) is 1. The van der Waals surface area contributed by atoms with E-state index in [0.717, 1.165) is 13.0 Å². The number of para-hydroxylation sites is 1. The highest BCUT2D eigenvalue weighted by atomic mass is 19.1. The Bertz CT molecular complexity index is 753. The lowest BCUT2D eigenvalue weighted by atomic mass is 9.83. The highest BCUT2D eigenvalue weighted by molar-refractivity contribution is 5.76. The summed E-state index contributed by atoms with van der Waals surface area (Å²) in [6.07, 6.45) is 1.64. The maximum Gasteiger partial charge on any atom is 0.407 e. The van der Waals surface area contributed by atoms with Crippen molar-refractivity contribution in [2.45, 2.75) is 12.5 Å². The van der Waals surface area contributed by atoms with Crippen molar-refractivity contribution in [3.63, 3.8) is 0 Å². The second-order valence-electron chi connectivity index (χ2n) is 5.83. The third-order valence-corrected chi connectivity index (χ3v) is 4.63. The van der Waals surface area contributed by atoms with Crippen molar-refractivity contribution in [1.29, 1.82) is 0 Å². The van der Waals surface area contributed by atoms with E-state index in [2.05, 4.69) is 9.97 Å². The van der Waals surface area contributed by atoms with Crippen molar-refractivity contribution in [3.8, 4) is 0 Å². The van der Waals surface area contributed by atoms with Crippen molar-refractivity contribution in [2.24, 2.45) is 5.92 Å². The quantitative estimate of drug-likeness (QED) is 0.872. The fourth-order valence-corrected chi connectivity index (χ4v) is 3.37. The summed E-state index contributed by atoms with van der Waals surface area (Å²) in [5.74, 6) is 0.735. The average Bonchev–Trinajstić information content (AvgIpc) is 2.48. The minimum atomic E-state index is -0.866. The first-order chi connectivity index (χ1) is 10.6. The summed E-state index contributed by atoms with van der Waals surface area (Å²) in [5.41, 5.74) is 0.778. The maximum atomic E-state index is 13.6. The van der Waals surface area contributed by atoms with Gasteiger partial charge in [-0.2, -0.15) is 0 Å². The highest BCUT2D eigenvalue weighted by Crippen LogP contribution is 2.34. The van der Waals surface area contributed by atoms with Crippen LogP contribution in [0.2, 0.25) is 0 Å². The molecule has 1 aromatic carbocycles. The van der Waals surface area contributed by atoms with Gasteiger partial charge >= 0.3 is 6.09 Å². The van der Waals surface area contributed by atoms with Gasteiger partial charge < -0.3 is 14.9 Å². The van der Waals surface area contributed by atoms with Crippen molar-refractivity contribution < 1.29 is 14.3 Å². The zero-order valence-corrected chi connectivity index (χ0v) is 11.8. The van der Waals surface area contributed by atoms with E-state index < -0.39 is 6.09 Å². The van der Waals surface area contributed by atoms with Gasteiger partial charge in [-0.25, -0.2) is 19.2 Å². The van der Waals surface area contributed by atoms with E-state index in [1.54, 1.807) is 18.3 Å². The molecule has 1 N–H and O–H groups in total. The predicted octanol–water partition coefficient (Wildman–Crippen LogP) is 1.96. The zero-order valence-electron chi connectivity index (χ0n) is 11.8. The van der Waals surface area contributed by atoms with Crippen molar-refractivity contribution >= 4 is 22.9 Å². The van der Waals surface area contributed by atoms with Crippen LogP contribution in [0.1, 0.15) is 6.42 Å². The standard InChI is InChI=1S/C15H15FN4O2/c16-10-2-1-3-11-14(10)17-6-13(18-11)19-5-4-9-7-20(15(21)22)12(9)8-19/h1-3,6,9,12H,4-5,7-8H2,(H,21,22). The van der Waals surface area contributed by atoms with E-state index in [-0.39, 0.29) is 17.4 Å². The number of piperidine rings is 1. The molecule has 2 unspecified atom stereocenters. The van der Waals surface area contributed by atoms with Crippen molar-refractivity contribution in [2.75, 3.05) is 24.5 Å². The average molecular weight is 302 g/mol. The van der Waals surface area contributed by atoms with Gasteiger partial charge in [-0.1, -0.05) is 6.07 Å². The number of hydrogen-bond acceptors (Lipinski definition) is 4. The Morgan fingerprint density at radius 3 is 3.05 bits per heavy atom. The third kappa shape index (κ3) is 1.96. The molecule has 1 aromatic heterocycles. The maximum absolute atomic E-state index is 13.6. The number of anilines is 1. The number of aromatic nitrogens is 2. The van der Waals surface area contributed by atoms with Crippen LogP contribution in [0.15, 0.2) is 24.4 Å². The van der Waals surface area contributed by atoms with Gasteiger partial charge in [0.05, 0.1) is 17.8 Å². The minimum Gasteiger partial charge on any atom is -0.465 e. The number of fused-ring (bicyclic) bond motifs is 2. The fourth-order valence-electron chi connectivity index (χ4n) is 3.37. The van der Waals surface area contributed by atoms with Crippen LogP contribution in [-0.2, 0) is 0 Å². The summed E-state index contributed by atoms with van der Waals surface area (Å²) in [6, 6.07) is 4.73. The molecule has 6 nitrogen and oxygen atoms in total. The van der Waals surface area contributed by atoms with Crippen molar-refractivity contribution in [3.05, 3.63) is 30.2 Å².